The van der Waals surface area contributed by atoms with Crippen molar-refractivity contribution in [2.75, 3.05) is 0 Å². The molecule has 0 aliphatic carbocycles. The smallest absolute Gasteiger partial charge is 0.234 e. The van der Waals surface area contributed by atoms with Gasteiger partial charge < -0.3 is 10.7 Å². The molecular weight excluding hydrogens is 214 g/mol. The van der Waals surface area contributed by atoms with Gasteiger partial charge in [-0.15, -0.1) is 0 Å². The van der Waals surface area contributed by atoms with Gasteiger partial charge in [0, 0.05) is 22.6 Å². The lowest BCUT2D eigenvalue weighted by Crippen LogP contribution is -2.46. The van der Waals surface area contributed by atoms with Crippen LogP contribution in [-0.4, -0.2) is 16.9 Å². The number of para-hydroxylation sites is 1. The van der Waals surface area contributed by atoms with Gasteiger partial charge in [0.2, 0.25) is 5.91 Å². The monoisotopic (exact) mass is 229 g/mol. The number of carbonyl (C=O) groups is 1. The van der Waals surface area contributed by atoms with Gasteiger partial charge in [-0.1, -0.05) is 18.2 Å². The number of primary amides is 1. The molecule has 2 atom stereocenters. The van der Waals surface area contributed by atoms with Crippen molar-refractivity contribution in [3.8, 4) is 0 Å². The highest BCUT2D eigenvalue weighted by Gasteiger charge is 2.29. The van der Waals surface area contributed by atoms with Crippen LogP contribution < -0.4 is 11.1 Å². The van der Waals surface area contributed by atoms with Gasteiger partial charge in [0.05, 0.1) is 6.04 Å². The predicted octanol–water partition coefficient (Wildman–Crippen LogP) is 1.23. The minimum absolute atomic E-state index is 0.128. The first-order valence-corrected chi connectivity index (χ1v) is 5.81. The third kappa shape index (κ3) is 1.52. The summed E-state index contributed by atoms with van der Waals surface area (Å²) in [4.78, 5) is 14.7. The Kier molecular flexibility index (Phi) is 2.19. The first-order valence-electron chi connectivity index (χ1n) is 5.81. The highest BCUT2D eigenvalue weighted by atomic mass is 16.1. The fourth-order valence-electron chi connectivity index (χ4n) is 2.64. The lowest BCUT2D eigenvalue weighted by molar-refractivity contribution is -0.120. The molecule has 0 unspecified atom stereocenters. The largest absolute Gasteiger partial charge is 0.368 e. The Hall–Kier alpha value is -1.81. The van der Waals surface area contributed by atoms with E-state index in [1.807, 2.05) is 19.1 Å². The molecule has 1 aromatic heterocycles. The molecule has 0 bridgehead atoms. The van der Waals surface area contributed by atoms with E-state index >= 15 is 0 Å². The Bertz CT molecular complexity index is 587. The maximum atomic E-state index is 11.3. The number of carbonyl (C=O) groups excluding carboxylic acids is 1. The fourth-order valence-corrected chi connectivity index (χ4v) is 2.64. The Balaban J connectivity index is 2.16. The van der Waals surface area contributed by atoms with Crippen LogP contribution in [0.4, 0.5) is 0 Å². The molecule has 0 saturated heterocycles. The number of hydrogen-bond donors (Lipinski definition) is 3. The zero-order valence-electron chi connectivity index (χ0n) is 9.66. The second-order valence-corrected chi connectivity index (χ2v) is 4.61. The number of aromatic amines is 1. The molecule has 0 saturated carbocycles. The maximum Gasteiger partial charge on any atom is 0.234 e. The van der Waals surface area contributed by atoms with Crippen LogP contribution in [0.25, 0.3) is 10.9 Å². The van der Waals surface area contributed by atoms with Gasteiger partial charge in [-0.25, -0.2) is 0 Å². The van der Waals surface area contributed by atoms with Crippen LogP contribution >= 0.6 is 0 Å². The number of nitrogens with two attached hydrogens (primary N) is 1. The third-order valence-electron chi connectivity index (χ3n) is 3.48. The Morgan fingerprint density at radius 2 is 2.18 bits per heavy atom. The van der Waals surface area contributed by atoms with Crippen molar-refractivity contribution in [2.24, 2.45) is 5.73 Å². The van der Waals surface area contributed by atoms with Crippen molar-refractivity contribution in [2.45, 2.75) is 25.4 Å². The van der Waals surface area contributed by atoms with Crippen molar-refractivity contribution in [3.63, 3.8) is 0 Å². The molecule has 88 valence electrons. The van der Waals surface area contributed by atoms with Gasteiger partial charge in [-0.2, -0.15) is 0 Å². The number of hydrogen-bond acceptors (Lipinski definition) is 2. The highest BCUT2D eigenvalue weighted by Crippen LogP contribution is 2.31. The Labute approximate surface area is 99.2 Å². The van der Waals surface area contributed by atoms with Crippen LogP contribution in [0.5, 0.6) is 0 Å². The van der Waals surface area contributed by atoms with E-state index in [1.165, 1.54) is 16.6 Å². The van der Waals surface area contributed by atoms with Gasteiger partial charge in [-0.3, -0.25) is 10.1 Å². The zero-order chi connectivity index (χ0) is 12.0. The predicted molar refractivity (Wildman–Crippen MR) is 66.5 cm³/mol. The van der Waals surface area contributed by atoms with E-state index in [9.17, 15) is 4.79 Å². The Morgan fingerprint density at radius 1 is 1.41 bits per heavy atom. The molecule has 1 aromatic carbocycles. The van der Waals surface area contributed by atoms with Crippen molar-refractivity contribution in [1.29, 1.82) is 0 Å². The second kappa shape index (κ2) is 3.60. The molecule has 3 rings (SSSR count). The minimum Gasteiger partial charge on any atom is -0.368 e. The molecular formula is C13H15N3O. The average Bonchev–Trinajstić information content (AvgIpc) is 2.68. The molecule has 0 spiro atoms. The van der Waals surface area contributed by atoms with Gasteiger partial charge in [0.15, 0.2) is 0 Å². The van der Waals surface area contributed by atoms with E-state index in [0.29, 0.717) is 6.42 Å². The van der Waals surface area contributed by atoms with E-state index in [4.69, 9.17) is 5.73 Å². The summed E-state index contributed by atoms with van der Waals surface area (Å²) in [5, 5.41) is 4.42. The first-order chi connectivity index (χ1) is 8.16. The van der Waals surface area contributed by atoms with E-state index < -0.39 is 0 Å². The topological polar surface area (TPSA) is 70.9 Å². The molecule has 0 fully saturated rings. The van der Waals surface area contributed by atoms with Gasteiger partial charge in [0.1, 0.15) is 0 Å². The molecule has 2 aromatic rings. The van der Waals surface area contributed by atoms with E-state index in [-0.39, 0.29) is 18.0 Å². The summed E-state index contributed by atoms with van der Waals surface area (Å²) in [5.41, 5.74) is 8.90. The summed E-state index contributed by atoms with van der Waals surface area (Å²) in [6.07, 6.45) is 0.666. The number of nitrogens with one attached hydrogen (secondary N) is 2. The summed E-state index contributed by atoms with van der Waals surface area (Å²) >= 11 is 0. The van der Waals surface area contributed by atoms with Crippen LogP contribution in [0.15, 0.2) is 24.3 Å². The van der Waals surface area contributed by atoms with Gasteiger partial charge >= 0.3 is 0 Å². The molecule has 0 radical (unpaired) electrons. The van der Waals surface area contributed by atoms with Crippen LogP contribution in [-0.2, 0) is 11.2 Å². The average molecular weight is 229 g/mol. The van der Waals surface area contributed by atoms with Crippen LogP contribution in [0.3, 0.4) is 0 Å². The molecule has 1 aliphatic rings. The SMILES string of the molecule is C[C@@H]1N[C@H](C(N)=O)Cc2c1[nH]c1ccccc21. The molecule has 17 heavy (non-hydrogen) atoms. The van der Waals surface area contributed by atoms with E-state index in [1.54, 1.807) is 0 Å². The summed E-state index contributed by atoms with van der Waals surface area (Å²) in [6.45, 7) is 2.04. The lowest BCUT2D eigenvalue weighted by Gasteiger charge is -2.27. The molecule has 2 heterocycles. The number of amides is 1. The van der Waals surface area contributed by atoms with E-state index in [2.05, 4.69) is 22.4 Å². The van der Waals surface area contributed by atoms with Crippen LogP contribution in [0.1, 0.15) is 24.2 Å². The molecule has 4 heteroatoms. The summed E-state index contributed by atoms with van der Waals surface area (Å²) in [6, 6.07) is 8.02. The van der Waals surface area contributed by atoms with Crippen molar-refractivity contribution in [1.82, 2.24) is 10.3 Å². The third-order valence-corrected chi connectivity index (χ3v) is 3.48. The van der Waals surface area contributed by atoms with Crippen molar-refractivity contribution in [3.05, 3.63) is 35.5 Å². The number of aromatic nitrogens is 1. The molecule has 1 aliphatic heterocycles. The molecule has 4 N–H and O–H groups in total. The summed E-state index contributed by atoms with van der Waals surface area (Å²) in [5.74, 6) is -0.284. The van der Waals surface area contributed by atoms with Crippen molar-refractivity contribution >= 4 is 16.8 Å². The van der Waals surface area contributed by atoms with Gasteiger partial charge in [0.25, 0.3) is 0 Å². The van der Waals surface area contributed by atoms with E-state index in [0.717, 1.165) is 5.52 Å². The van der Waals surface area contributed by atoms with Crippen LogP contribution in [0, 0.1) is 0 Å². The summed E-state index contributed by atoms with van der Waals surface area (Å²) in [7, 11) is 0. The second-order valence-electron chi connectivity index (χ2n) is 4.61. The Morgan fingerprint density at radius 3 is 2.94 bits per heavy atom. The maximum absolute atomic E-state index is 11.3. The zero-order valence-corrected chi connectivity index (χ0v) is 9.66. The van der Waals surface area contributed by atoms with Crippen LogP contribution in [0.2, 0.25) is 0 Å². The normalized spacial score (nSPS) is 23.6. The fraction of sp³-hybridized carbons (Fsp3) is 0.308. The number of benzene rings is 1. The first kappa shape index (κ1) is 10.4. The standard InChI is InChI=1S/C13H15N3O/c1-7-12-9(6-11(15-7)13(14)17)8-4-2-3-5-10(8)16-12/h2-5,7,11,15-16H,6H2,1H3,(H2,14,17)/t7-,11-/m0/s1. The summed E-state index contributed by atoms with van der Waals surface area (Å²) < 4.78 is 0. The van der Waals surface area contributed by atoms with Gasteiger partial charge in [-0.05, 0) is 25.0 Å². The lowest BCUT2D eigenvalue weighted by atomic mass is 9.94. The number of H-pyrrole nitrogens is 1. The highest BCUT2D eigenvalue weighted by molar-refractivity contribution is 5.87. The number of rotatable bonds is 1. The number of fused-ring (bicyclic) bond motifs is 3. The van der Waals surface area contributed by atoms with Crippen molar-refractivity contribution < 1.29 is 4.79 Å². The molecule has 1 amide bonds. The quantitative estimate of drug-likeness (QED) is 0.688. The minimum atomic E-state index is -0.284. The molecule has 4 nitrogen and oxygen atoms in total.